The molecule has 0 bridgehead atoms. The summed E-state index contributed by atoms with van der Waals surface area (Å²) in [4.78, 5) is 3.18. The van der Waals surface area contributed by atoms with Gasteiger partial charge in [-0.15, -0.1) is 11.8 Å². The lowest BCUT2D eigenvalue weighted by atomic mass is 10.3. The van der Waals surface area contributed by atoms with Crippen LogP contribution in [0.3, 0.4) is 0 Å². The molecule has 17 heavy (non-hydrogen) atoms. The van der Waals surface area contributed by atoms with Gasteiger partial charge in [-0.2, -0.15) is 0 Å². The smallest absolute Gasteiger partial charge is 0.124 e. The second kappa shape index (κ2) is 6.23. The topological polar surface area (TPSA) is 38.5 Å². The molecular weight excluding hydrogens is 239 g/mol. The minimum absolute atomic E-state index is 0.229. The van der Waals surface area contributed by atoms with Gasteiger partial charge in [0.25, 0.3) is 0 Å². The Labute approximate surface area is 105 Å². The van der Waals surface area contributed by atoms with E-state index in [0.717, 1.165) is 43.5 Å². The molecule has 0 saturated carbocycles. The van der Waals surface area contributed by atoms with E-state index in [1.165, 1.54) is 12.1 Å². The van der Waals surface area contributed by atoms with Crippen molar-refractivity contribution in [2.24, 2.45) is 0 Å². The number of hydrogen-bond donors (Lipinski definition) is 1. The Hall–Kier alpha value is -0.780. The van der Waals surface area contributed by atoms with Crippen LogP contribution in [-0.2, 0) is 4.74 Å². The van der Waals surface area contributed by atoms with Crippen molar-refractivity contribution in [3.05, 3.63) is 24.0 Å². The van der Waals surface area contributed by atoms with Gasteiger partial charge in [0.1, 0.15) is 5.82 Å². The minimum Gasteiger partial charge on any atom is -0.398 e. The van der Waals surface area contributed by atoms with E-state index in [1.807, 2.05) is 0 Å². The van der Waals surface area contributed by atoms with Gasteiger partial charge < -0.3 is 10.5 Å². The average molecular weight is 256 g/mol. The first-order valence-electron chi connectivity index (χ1n) is 5.73. The first kappa shape index (κ1) is 12.7. The summed E-state index contributed by atoms with van der Waals surface area (Å²) in [5.74, 6) is 0.696. The van der Waals surface area contributed by atoms with E-state index in [9.17, 15) is 4.39 Å². The highest BCUT2D eigenvalue weighted by molar-refractivity contribution is 7.99. The molecule has 94 valence electrons. The van der Waals surface area contributed by atoms with Crippen LogP contribution in [0.2, 0.25) is 0 Å². The van der Waals surface area contributed by atoms with E-state index in [4.69, 9.17) is 10.5 Å². The molecule has 1 heterocycles. The van der Waals surface area contributed by atoms with Crippen LogP contribution in [0.1, 0.15) is 0 Å². The van der Waals surface area contributed by atoms with Crippen molar-refractivity contribution < 1.29 is 9.13 Å². The summed E-state index contributed by atoms with van der Waals surface area (Å²) in [6.07, 6.45) is 0. The fourth-order valence-electron chi connectivity index (χ4n) is 1.74. The van der Waals surface area contributed by atoms with Crippen LogP contribution in [0.15, 0.2) is 23.1 Å². The number of ether oxygens (including phenoxy) is 1. The zero-order valence-electron chi connectivity index (χ0n) is 9.69. The molecule has 5 heteroatoms. The largest absolute Gasteiger partial charge is 0.398 e. The summed E-state index contributed by atoms with van der Waals surface area (Å²) in [6, 6.07) is 4.51. The quantitative estimate of drug-likeness (QED) is 0.659. The van der Waals surface area contributed by atoms with Crippen molar-refractivity contribution in [1.82, 2.24) is 4.90 Å². The predicted molar refractivity (Wildman–Crippen MR) is 68.8 cm³/mol. The minimum atomic E-state index is -0.229. The molecule has 2 rings (SSSR count). The average Bonchev–Trinajstić information content (AvgIpc) is 2.35. The van der Waals surface area contributed by atoms with Gasteiger partial charge in [0, 0.05) is 36.0 Å². The highest BCUT2D eigenvalue weighted by Crippen LogP contribution is 2.25. The molecule has 1 aliphatic rings. The molecule has 1 saturated heterocycles. The third-order valence-electron chi connectivity index (χ3n) is 2.74. The zero-order chi connectivity index (χ0) is 12.1. The maximum absolute atomic E-state index is 13.0. The molecule has 1 aromatic rings. The summed E-state index contributed by atoms with van der Waals surface area (Å²) >= 11 is 1.61. The van der Waals surface area contributed by atoms with E-state index < -0.39 is 0 Å². The summed E-state index contributed by atoms with van der Waals surface area (Å²) in [5.41, 5.74) is 6.44. The molecule has 1 aliphatic heterocycles. The molecule has 0 unspecified atom stereocenters. The highest BCUT2D eigenvalue weighted by atomic mass is 32.2. The maximum Gasteiger partial charge on any atom is 0.124 e. The highest BCUT2D eigenvalue weighted by Gasteiger charge is 2.10. The lowest BCUT2D eigenvalue weighted by Crippen LogP contribution is -2.37. The van der Waals surface area contributed by atoms with Crippen LogP contribution < -0.4 is 5.73 Å². The van der Waals surface area contributed by atoms with Crippen molar-refractivity contribution in [2.75, 3.05) is 44.3 Å². The second-order valence-electron chi connectivity index (χ2n) is 3.98. The molecule has 0 amide bonds. The summed E-state index contributed by atoms with van der Waals surface area (Å²) in [6.45, 7) is 4.59. The number of halogens is 1. The first-order valence-corrected chi connectivity index (χ1v) is 6.72. The number of benzene rings is 1. The van der Waals surface area contributed by atoms with Crippen molar-refractivity contribution in [2.45, 2.75) is 4.90 Å². The Morgan fingerprint density at radius 1 is 1.35 bits per heavy atom. The molecule has 0 aliphatic carbocycles. The van der Waals surface area contributed by atoms with Gasteiger partial charge in [0.2, 0.25) is 0 Å². The van der Waals surface area contributed by atoms with Crippen molar-refractivity contribution >= 4 is 17.4 Å². The van der Waals surface area contributed by atoms with Crippen LogP contribution in [0.25, 0.3) is 0 Å². The molecular formula is C12H17FN2OS. The van der Waals surface area contributed by atoms with Crippen molar-refractivity contribution in [3.63, 3.8) is 0 Å². The Morgan fingerprint density at radius 3 is 2.88 bits per heavy atom. The number of thioether (sulfide) groups is 1. The number of nitrogens with two attached hydrogens (primary N) is 1. The summed E-state index contributed by atoms with van der Waals surface area (Å²) in [5, 5.41) is 0. The fraction of sp³-hybridized carbons (Fsp3) is 0.500. The fourth-order valence-corrected chi connectivity index (χ4v) is 2.74. The van der Waals surface area contributed by atoms with Crippen LogP contribution in [-0.4, -0.2) is 43.5 Å². The van der Waals surface area contributed by atoms with Gasteiger partial charge in [-0.1, -0.05) is 0 Å². The Bertz CT molecular complexity index is 370. The van der Waals surface area contributed by atoms with Crippen molar-refractivity contribution in [3.8, 4) is 0 Å². The SMILES string of the molecule is Nc1ccc(F)cc1SCCN1CCOCC1. The molecule has 0 aromatic heterocycles. The molecule has 1 aromatic carbocycles. The first-order chi connectivity index (χ1) is 8.25. The van der Waals surface area contributed by atoms with Gasteiger partial charge in [-0.3, -0.25) is 4.90 Å². The van der Waals surface area contributed by atoms with Crippen molar-refractivity contribution in [1.29, 1.82) is 0 Å². The van der Waals surface area contributed by atoms with Crippen LogP contribution in [0, 0.1) is 5.82 Å². The van der Waals surface area contributed by atoms with E-state index in [2.05, 4.69) is 4.90 Å². The van der Waals surface area contributed by atoms with Gasteiger partial charge in [0.05, 0.1) is 13.2 Å². The summed E-state index contributed by atoms with van der Waals surface area (Å²) < 4.78 is 18.3. The molecule has 3 nitrogen and oxygen atoms in total. The second-order valence-corrected chi connectivity index (χ2v) is 5.12. The third kappa shape index (κ3) is 3.87. The zero-order valence-corrected chi connectivity index (χ0v) is 10.5. The van der Waals surface area contributed by atoms with E-state index in [-0.39, 0.29) is 5.82 Å². The van der Waals surface area contributed by atoms with E-state index >= 15 is 0 Å². The Kier molecular flexibility index (Phi) is 4.65. The predicted octanol–water partition coefficient (Wildman–Crippen LogP) is 1.83. The van der Waals surface area contributed by atoms with Gasteiger partial charge in [-0.25, -0.2) is 4.39 Å². The number of anilines is 1. The number of nitrogen functional groups attached to an aromatic ring is 1. The van der Waals surface area contributed by atoms with Gasteiger partial charge in [-0.05, 0) is 18.2 Å². The number of hydrogen-bond acceptors (Lipinski definition) is 4. The van der Waals surface area contributed by atoms with Crippen LogP contribution in [0.4, 0.5) is 10.1 Å². The normalized spacial score (nSPS) is 17.2. The van der Waals surface area contributed by atoms with Crippen LogP contribution in [0.5, 0.6) is 0 Å². The summed E-state index contributed by atoms with van der Waals surface area (Å²) in [7, 11) is 0. The van der Waals surface area contributed by atoms with Gasteiger partial charge in [0.15, 0.2) is 0 Å². The van der Waals surface area contributed by atoms with E-state index in [0.29, 0.717) is 5.69 Å². The number of nitrogens with zero attached hydrogens (tertiary/aromatic N) is 1. The molecule has 1 fully saturated rings. The molecule has 0 atom stereocenters. The van der Waals surface area contributed by atoms with Crippen LogP contribution >= 0.6 is 11.8 Å². The molecule has 0 radical (unpaired) electrons. The third-order valence-corrected chi connectivity index (χ3v) is 3.80. The van der Waals surface area contributed by atoms with E-state index in [1.54, 1.807) is 17.8 Å². The Morgan fingerprint density at radius 2 is 2.12 bits per heavy atom. The number of morpholine rings is 1. The standard InChI is InChI=1S/C12H17FN2OS/c13-10-1-2-11(14)12(9-10)17-8-5-15-3-6-16-7-4-15/h1-2,9H,3-8,14H2. The number of rotatable bonds is 4. The monoisotopic (exact) mass is 256 g/mol. The lowest BCUT2D eigenvalue weighted by Gasteiger charge is -2.26. The lowest BCUT2D eigenvalue weighted by molar-refractivity contribution is 0.0410. The Balaban J connectivity index is 1.79. The molecule has 0 spiro atoms. The van der Waals surface area contributed by atoms with Gasteiger partial charge >= 0.3 is 0 Å². The molecule has 2 N–H and O–H groups in total. The maximum atomic E-state index is 13.0.